The molecule has 62 valence electrons. The number of benzene rings is 1. The van der Waals surface area contributed by atoms with Gasteiger partial charge in [-0.15, -0.1) is 0 Å². The summed E-state index contributed by atoms with van der Waals surface area (Å²) in [5.41, 5.74) is 0.240. The molecule has 0 aliphatic heterocycles. The lowest BCUT2D eigenvalue weighted by atomic mass is 10.1. The van der Waals surface area contributed by atoms with Gasteiger partial charge in [-0.2, -0.15) is 0 Å². The summed E-state index contributed by atoms with van der Waals surface area (Å²) in [6.07, 6.45) is 0.978. The van der Waals surface area contributed by atoms with Crippen molar-refractivity contribution in [3.05, 3.63) is 32.6 Å². The molecule has 0 fully saturated rings. The minimum absolute atomic E-state index is 0.0231. The van der Waals surface area contributed by atoms with Gasteiger partial charge in [-0.05, 0) is 34.7 Å². The zero-order valence-corrected chi connectivity index (χ0v) is 8.04. The van der Waals surface area contributed by atoms with Crippen molar-refractivity contribution in [2.45, 2.75) is 0 Å². The summed E-state index contributed by atoms with van der Waals surface area (Å²) >= 11 is 1.87. The molecule has 0 aromatic heterocycles. The molecule has 0 heterocycles. The van der Waals surface area contributed by atoms with E-state index < -0.39 is 5.82 Å². The minimum atomic E-state index is -0.660. The summed E-state index contributed by atoms with van der Waals surface area (Å²) in [6, 6.07) is 2.39. The van der Waals surface area contributed by atoms with Gasteiger partial charge >= 0.3 is 0 Å². The molecule has 1 aromatic rings. The van der Waals surface area contributed by atoms with E-state index in [1.54, 1.807) is 0 Å². The first-order chi connectivity index (χ1) is 5.69. The van der Waals surface area contributed by atoms with Gasteiger partial charge in [-0.1, -0.05) is 0 Å². The topological polar surface area (TPSA) is 34.1 Å². The van der Waals surface area contributed by atoms with Gasteiger partial charge in [0.1, 0.15) is 5.82 Å². The average Bonchev–Trinajstić information content (AvgIpc) is 2.08. The fourth-order valence-corrected chi connectivity index (χ4v) is 1.38. The molecule has 0 spiro atoms. The van der Waals surface area contributed by atoms with Crippen molar-refractivity contribution in [2.24, 2.45) is 0 Å². The average molecular weight is 278 g/mol. The Labute approximate surface area is 81.9 Å². The molecule has 0 N–H and O–H groups in total. The third kappa shape index (κ3) is 1.69. The molecule has 1 aromatic carbocycles. The second kappa shape index (κ2) is 3.75. The highest BCUT2D eigenvalue weighted by Crippen LogP contribution is 2.15. The van der Waals surface area contributed by atoms with E-state index in [1.807, 2.05) is 22.6 Å². The van der Waals surface area contributed by atoms with Gasteiger partial charge in [0.15, 0.2) is 12.6 Å². The quantitative estimate of drug-likeness (QED) is 0.613. The molecule has 1 rings (SSSR count). The van der Waals surface area contributed by atoms with E-state index >= 15 is 0 Å². The van der Waals surface area contributed by atoms with Crippen LogP contribution in [0.4, 0.5) is 4.39 Å². The Hall–Kier alpha value is -0.780. The lowest BCUT2D eigenvalue weighted by Crippen LogP contribution is -1.94. The van der Waals surface area contributed by atoms with Crippen molar-refractivity contribution < 1.29 is 14.0 Å². The molecule has 0 radical (unpaired) electrons. The number of carbonyl (C=O) groups excluding carboxylic acids is 2. The molecular weight excluding hydrogens is 274 g/mol. The standard InChI is InChI=1S/C8H4FIO2/c9-7-1-6(4-12)8(10)2-5(7)3-11/h1-4H. The highest BCUT2D eigenvalue weighted by atomic mass is 127. The fraction of sp³-hybridized carbons (Fsp3) is 0. The van der Waals surface area contributed by atoms with Crippen LogP contribution >= 0.6 is 22.6 Å². The zero-order valence-electron chi connectivity index (χ0n) is 5.88. The van der Waals surface area contributed by atoms with E-state index in [1.165, 1.54) is 6.07 Å². The van der Waals surface area contributed by atoms with E-state index in [0.29, 0.717) is 16.1 Å². The third-order valence-corrected chi connectivity index (χ3v) is 2.30. The maximum absolute atomic E-state index is 12.8. The lowest BCUT2D eigenvalue weighted by Gasteiger charge is -1.98. The number of halogens is 2. The number of hydrogen-bond acceptors (Lipinski definition) is 2. The predicted molar refractivity (Wildman–Crippen MR) is 49.9 cm³/mol. The summed E-state index contributed by atoms with van der Waals surface area (Å²) in [5.74, 6) is -0.660. The predicted octanol–water partition coefficient (Wildman–Crippen LogP) is 2.06. The van der Waals surface area contributed by atoms with Crippen LogP contribution in [0.25, 0.3) is 0 Å². The number of hydrogen-bond donors (Lipinski definition) is 0. The second-order valence-electron chi connectivity index (χ2n) is 2.13. The van der Waals surface area contributed by atoms with Crippen LogP contribution in [0.15, 0.2) is 12.1 Å². The number of aldehydes is 2. The van der Waals surface area contributed by atoms with Crippen molar-refractivity contribution in [3.8, 4) is 0 Å². The van der Waals surface area contributed by atoms with Gasteiger partial charge in [-0.3, -0.25) is 9.59 Å². The second-order valence-corrected chi connectivity index (χ2v) is 3.29. The van der Waals surface area contributed by atoms with Crippen LogP contribution in [-0.4, -0.2) is 12.6 Å². The first kappa shape index (κ1) is 9.31. The maximum atomic E-state index is 12.8. The Bertz CT molecular complexity index is 302. The maximum Gasteiger partial charge on any atom is 0.153 e. The van der Waals surface area contributed by atoms with Crippen molar-refractivity contribution in [2.75, 3.05) is 0 Å². The van der Waals surface area contributed by atoms with Crippen molar-refractivity contribution in [1.29, 1.82) is 0 Å². The first-order valence-electron chi connectivity index (χ1n) is 3.08. The summed E-state index contributed by atoms with van der Waals surface area (Å²) in [4.78, 5) is 20.6. The van der Waals surface area contributed by atoms with E-state index in [-0.39, 0.29) is 11.1 Å². The van der Waals surface area contributed by atoms with E-state index in [2.05, 4.69) is 0 Å². The first-order valence-corrected chi connectivity index (χ1v) is 4.16. The smallest absolute Gasteiger partial charge is 0.153 e. The van der Waals surface area contributed by atoms with Crippen LogP contribution in [0, 0.1) is 9.39 Å². The molecule has 0 saturated carbocycles. The largest absolute Gasteiger partial charge is 0.298 e. The lowest BCUT2D eigenvalue weighted by molar-refractivity contribution is 0.110. The molecule has 0 aliphatic rings. The monoisotopic (exact) mass is 278 g/mol. The molecule has 0 bridgehead atoms. The van der Waals surface area contributed by atoms with Gasteiger partial charge in [0.05, 0.1) is 5.56 Å². The molecule has 0 atom stereocenters. The van der Waals surface area contributed by atoms with Crippen LogP contribution in [-0.2, 0) is 0 Å². The minimum Gasteiger partial charge on any atom is -0.298 e. The zero-order chi connectivity index (χ0) is 9.14. The van der Waals surface area contributed by atoms with Crippen molar-refractivity contribution >= 4 is 35.2 Å². The van der Waals surface area contributed by atoms with Crippen LogP contribution in [0.5, 0.6) is 0 Å². The van der Waals surface area contributed by atoms with Gasteiger partial charge < -0.3 is 0 Å². The molecular formula is C8H4FIO2. The molecule has 0 amide bonds. The van der Waals surface area contributed by atoms with Crippen molar-refractivity contribution in [1.82, 2.24) is 0 Å². The highest BCUT2D eigenvalue weighted by molar-refractivity contribution is 14.1. The van der Waals surface area contributed by atoms with Crippen LogP contribution in [0.1, 0.15) is 20.7 Å². The van der Waals surface area contributed by atoms with Gasteiger partial charge in [0.25, 0.3) is 0 Å². The molecule has 0 aliphatic carbocycles. The normalized spacial score (nSPS) is 9.50. The van der Waals surface area contributed by atoms with Gasteiger partial charge in [0.2, 0.25) is 0 Å². The van der Waals surface area contributed by atoms with E-state index in [4.69, 9.17) is 0 Å². The highest BCUT2D eigenvalue weighted by Gasteiger charge is 2.06. The number of rotatable bonds is 2. The SMILES string of the molecule is O=Cc1cc(I)c(C=O)cc1F. The molecule has 4 heteroatoms. The summed E-state index contributed by atoms with van der Waals surface area (Å²) < 4.78 is 13.4. The van der Waals surface area contributed by atoms with Crippen LogP contribution < -0.4 is 0 Å². The third-order valence-electron chi connectivity index (χ3n) is 1.37. The summed E-state index contributed by atoms with van der Waals surface area (Å²) in [5, 5.41) is 0. The summed E-state index contributed by atoms with van der Waals surface area (Å²) in [6.45, 7) is 0. The van der Waals surface area contributed by atoms with Crippen molar-refractivity contribution in [3.63, 3.8) is 0 Å². The van der Waals surface area contributed by atoms with Gasteiger partial charge in [-0.25, -0.2) is 4.39 Å². The molecule has 0 saturated heterocycles. The molecule has 2 nitrogen and oxygen atoms in total. The summed E-state index contributed by atoms with van der Waals surface area (Å²) in [7, 11) is 0. The Kier molecular flexibility index (Phi) is 2.91. The fourth-order valence-electron chi connectivity index (χ4n) is 0.758. The Morgan fingerprint density at radius 2 is 1.75 bits per heavy atom. The van der Waals surface area contributed by atoms with Crippen LogP contribution in [0.2, 0.25) is 0 Å². The van der Waals surface area contributed by atoms with E-state index in [9.17, 15) is 14.0 Å². The molecule has 12 heavy (non-hydrogen) atoms. The Morgan fingerprint density at radius 3 is 2.25 bits per heavy atom. The Balaban J connectivity index is 3.34. The number of carbonyl (C=O) groups is 2. The van der Waals surface area contributed by atoms with Crippen LogP contribution in [0.3, 0.4) is 0 Å². The Morgan fingerprint density at radius 1 is 1.17 bits per heavy atom. The van der Waals surface area contributed by atoms with E-state index in [0.717, 1.165) is 6.07 Å². The molecule has 0 unspecified atom stereocenters. The van der Waals surface area contributed by atoms with Gasteiger partial charge in [0, 0.05) is 9.13 Å².